The summed E-state index contributed by atoms with van der Waals surface area (Å²) in [7, 11) is 1.32. The van der Waals surface area contributed by atoms with Crippen molar-refractivity contribution in [3.8, 4) is 17.2 Å². The second-order valence-electron chi connectivity index (χ2n) is 11.2. The van der Waals surface area contributed by atoms with Crippen LogP contribution in [0.5, 0.6) is 17.2 Å². The summed E-state index contributed by atoms with van der Waals surface area (Å²) in [4.78, 5) is 40.1. The maximum absolute atomic E-state index is 13.8. The predicted molar refractivity (Wildman–Crippen MR) is 147 cm³/mol. The summed E-state index contributed by atoms with van der Waals surface area (Å²) in [6.45, 7) is 2.29. The van der Waals surface area contributed by atoms with E-state index in [0.29, 0.717) is 6.42 Å². The third kappa shape index (κ3) is 5.10. The average molecular weight is 602 g/mol. The molecule has 7 atom stereocenters. The van der Waals surface area contributed by atoms with Gasteiger partial charge in [-0.2, -0.15) is 0 Å². The van der Waals surface area contributed by atoms with Gasteiger partial charge >= 0.3 is 0 Å². The van der Waals surface area contributed by atoms with Crippen molar-refractivity contribution < 1.29 is 59.2 Å². The van der Waals surface area contributed by atoms with Gasteiger partial charge in [-0.05, 0) is 19.4 Å². The Morgan fingerprint density at radius 2 is 1.86 bits per heavy atom. The van der Waals surface area contributed by atoms with Gasteiger partial charge in [0.15, 0.2) is 17.9 Å². The SMILES string of the molecule is CCC(O)NC1CC(O[C@H]2C[C@](O)(C(=O)CO)Cc3c(O)c4c(c(O)c32)C(=O)c2c(OC)cccc2C4=O)OC(C)C1O. The molecule has 7 N–H and O–H groups in total. The van der Waals surface area contributed by atoms with Crippen molar-refractivity contribution in [2.45, 2.75) is 82.0 Å². The molecule has 0 bridgehead atoms. The number of benzene rings is 2. The lowest BCUT2D eigenvalue weighted by Crippen LogP contribution is -2.56. The fourth-order valence-electron chi connectivity index (χ4n) is 6.25. The van der Waals surface area contributed by atoms with E-state index in [0.717, 1.165) is 0 Å². The number of aliphatic hydroxyl groups is 4. The normalized spacial score (nSPS) is 29.0. The van der Waals surface area contributed by atoms with Gasteiger partial charge in [-0.1, -0.05) is 19.1 Å². The van der Waals surface area contributed by atoms with Crippen molar-refractivity contribution in [1.82, 2.24) is 5.32 Å². The molecule has 13 nitrogen and oxygen atoms in total. The quantitative estimate of drug-likeness (QED) is 0.137. The topological polar surface area (TPSA) is 212 Å². The summed E-state index contributed by atoms with van der Waals surface area (Å²) in [5, 5.41) is 67.7. The molecule has 43 heavy (non-hydrogen) atoms. The largest absolute Gasteiger partial charge is 0.507 e. The van der Waals surface area contributed by atoms with Crippen molar-refractivity contribution in [2.24, 2.45) is 0 Å². The summed E-state index contributed by atoms with van der Waals surface area (Å²) >= 11 is 0. The molecule has 2 aliphatic carbocycles. The Morgan fingerprint density at radius 1 is 1.16 bits per heavy atom. The van der Waals surface area contributed by atoms with Crippen LogP contribution in [-0.4, -0.2) is 98.1 Å². The van der Waals surface area contributed by atoms with Crippen LogP contribution in [0.15, 0.2) is 18.2 Å². The van der Waals surface area contributed by atoms with Gasteiger partial charge in [-0.25, -0.2) is 0 Å². The third-order valence-corrected chi connectivity index (χ3v) is 8.55. The molecule has 0 radical (unpaired) electrons. The van der Waals surface area contributed by atoms with Gasteiger partial charge in [0.05, 0.1) is 42.1 Å². The molecule has 0 saturated carbocycles. The minimum atomic E-state index is -2.27. The number of rotatable bonds is 8. The molecule has 1 aliphatic heterocycles. The van der Waals surface area contributed by atoms with Crippen LogP contribution in [0.4, 0.5) is 0 Å². The monoisotopic (exact) mass is 601 g/mol. The molecule has 232 valence electrons. The van der Waals surface area contributed by atoms with Crippen molar-refractivity contribution in [3.05, 3.63) is 51.6 Å². The van der Waals surface area contributed by atoms with Crippen LogP contribution < -0.4 is 10.1 Å². The zero-order valence-electron chi connectivity index (χ0n) is 23.9. The van der Waals surface area contributed by atoms with Crippen molar-refractivity contribution in [3.63, 3.8) is 0 Å². The maximum atomic E-state index is 13.8. The first-order chi connectivity index (χ1) is 20.4. The van der Waals surface area contributed by atoms with Crippen LogP contribution in [0.1, 0.15) is 82.2 Å². The number of ether oxygens (including phenoxy) is 3. The fourth-order valence-corrected chi connectivity index (χ4v) is 6.25. The number of hydrogen-bond donors (Lipinski definition) is 7. The van der Waals surface area contributed by atoms with Crippen LogP contribution in [0.3, 0.4) is 0 Å². The van der Waals surface area contributed by atoms with Crippen molar-refractivity contribution in [2.75, 3.05) is 13.7 Å². The third-order valence-electron chi connectivity index (χ3n) is 8.55. The first kappa shape index (κ1) is 31.0. The standard InChI is InChI=1S/C30H35NO12/c1-4-19(34)31-15-8-20(42-12(2)25(15)35)43-17-10-30(40,18(33)11-32)9-14-22(17)29(39)24-23(27(14)37)26(36)13-6-5-7-16(41-3)21(13)28(24)38/h5-7,12,15,17,19-20,25,31-32,34-35,37,39-40H,4,8-11H2,1-3H3/t12?,15?,17-,19?,20?,25?,30-/m0/s1. The Labute approximate surface area is 246 Å². The molecule has 5 unspecified atom stereocenters. The Kier molecular flexibility index (Phi) is 8.35. The van der Waals surface area contributed by atoms with Gasteiger partial charge in [0.1, 0.15) is 35.7 Å². The number of methoxy groups -OCH3 is 1. The molecule has 0 aromatic heterocycles. The van der Waals surface area contributed by atoms with E-state index in [1.807, 2.05) is 0 Å². The average Bonchev–Trinajstić information content (AvgIpc) is 2.98. The second-order valence-corrected chi connectivity index (χ2v) is 11.2. The van der Waals surface area contributed by atoms with Gasteiger partial charge in [0.2, 0.25) is 5.78 Å². The van der Waals surface area contributed by atoms with E-state index in [1.54, 1.807) is 13.8 Å². The number of ketones is 3. The summed E-state index contributed by atoms with van der Waals surface area (Å²) < 4.78 is 17.3. The van der Waals surface area contributed by atoms with E-state index in [4.69, 9.17) is 14.2 Å². The molecule has 5 rings (SSSR count). The molecule has 2 aromatic carbocycles. The first-order valence-electron chi connectivity index (χ1n) is 14.0. The first-order valence-corrected chi connectivity index (χ1v) is 14.0. The number of aliphatic hydroxyl groups excluding tert-OH is 3. The van der Waals surface area contributed by atoms with E-state index in [1.165, 1.54) is 25.3 Å². The number of hydrogen-bond acceptors (Lipinski definition) is 13. The van der Waals surface area contributed by atoms with Crippen molar-refractivity contribution in [1.29, 1.82) is 0 Å². The summed E-state index contributed by atoms with van der Waals surface area (Å²) in [5.41, 5.74) is -3.75. The van der Waals surface area contributed by atoms with E-state index in [9.17, 15) is 45.0 Å². The van der Waals surface area contributed by atoms with Crippen LogP contribution in [0.2, 0.25) is 0 Å². The number of carbonyl (C=O) groups excluding carboxylic acids is 3. The van der Waals surface area contributed by atoms with Gasteiger partial charge in [0.25, 0.3) is 0 Å². The smallest absolute Gasteiger partial charge is 0.202 e. The fraction of sp³-hybridized carbons (Fsp3) is 0.500. The van der Waals surface area contributed by atoms with E-state index >= 15 is 0 Å². The maximum Gasteiger partial charge on any atom is 0.202 e. The molecular formula is C30H35NO12. The second kappa shape index (κ2) is 11.6. The molecule has 1 heterocycles. The molecule has 3 aliphatic rings. The van der Waals surface area contributed by atoms with Crippen LogP contribution in [0, 0.1) is 0 Å². The molecule has 0 amide bonds. The number of carbonyl (C=O) groups is 3. The van der Waals surface area contributed by atoms with E-state index in [-0.39, 0.29) is 34.4 Å². The minimum absolute atomic E-state index is 0.000447. The van der Waals surface area contributed by atoms with Gasteiger partial charge in [-0.15, -0.1) is 0 Å². The minimum Gasteiger partial charge on any atom is -0.507 e. The Morgan fingerprint density at radius 3 is 2.51 bits per heavy atom. The highest BCUT2D eigenvalue weighted by Gasteiger charge is 2.50. The zero-order chi connectivity index (χ0) is 31.4. The van der Waals surface area contributed by atoms with Gasteiger partial charge in [0, 0.05) is 42.0 Å². The van der Waals surface area contributed by atoms with Crippen LogP contribution in [-0.2, 0) is 20.7 Å². The summed E-state index contributed by atoms with van der Waals surface area (Å²) in [6, 6.07) is 3.67. The van der Waals surface area contributed by atoms with Crippen LogP contribution >= 0.6 is 0 Å². The number of aromatic hydroxyl groups is 2. The number of fused-ring (bicyclic) bond motifs is 3. The predicted octanol–water partition coefficient (Wildman–Crippen LogP) is 0.361. The number of nitrogens with one attached hydrogen (secondary N) is 1. The zero-order valence-corrected chi connectivity index (χ0v) is 23.9. The molecule has 2 aromatic rings. The number of phenols is 2. The molecule has 1 saturated heterocycles. The molecular weight excluding hydrogens is 566 g/mol. The Balaban J connectivity index is 1.63. The highest BCUT2D eigenvalue weighted by atomic mass is 16.7. The molecule has 13 heteroatoms. The van der Waals surface area contributed by atoms with Crippen LogP contribution in [0.25, 0.3) is 0 Å². The number of Topliss-reactive ketones (excluding diaryl/α,β-unsaturated/α-hetero) is 1. The summed E-state index contributed by atoms with van der Waals surface area (Å²) in [5.74, 6) is -3.86. The highest BCUT2D eigenvalue weighted by molar-refractivity contribution is 6.31. The van der Waals surface area contributed by atoms with Gasteiger partial charge in [-0.3, -0.25) is 19.7 Å². The Hall–Kier alpha value is -3.43. The van der Waals surface area contributed by atoms with E-state index in [2.05, 4.69) is 5.32 Å². The lowest BCUT2D eigenvalue weighted by molar-refractivity contribution is -0.251. The van der Waals surface area contributed by atoms with E-state index < -0.39 is 102 Å². The Bertz CT molecular complexity index is 1470. The number of phenolic OH excluding ortho intramolecular Hbond substituents is 2. The molecule has 0 spiro atoms. The lowest BCUT2D eigenvalue weighted by Gasteiger charge is -2.43. The lowest BCUT2D eigenvalue weighted by atomic mass is 9.72. The van der Waals surface area contributed by atoms with Crippen molar-refractivity contribution >= 4 is 17.3 Å². The summed E-state index contributed by atoms with van der Waals surface area (Å²) in [6.07, 6.45) is -5.95. The molecule has 1 fully saturated rings. The highest BCUT2D eigenvalue weighted by Crippen LogP contribution is 2.52. The van der Waals surface area contributed by atoms with Gasteiger partial charge < -0.3 is 44.8 Å².